The van der Waals surface area contributed by atoms with Crippen LogP contribution >= 0.6 is 11.8 Å². The minimum Gasteiger partial charge on any atom is -0.459 e. The van der Waals surface area contributed by atoms with Crippen LogP contribution in [0, 0.1) is 6.92 Å². The van der Waals surface area contributed by atoms with Gasteiger partial charge in [0.2, 0.25) is 0 Å². The van der Waals surface area contributed by atoms with Gasteiger partial charge in [0.15, 0.2) is 11.8 Å². The van der Waals surface area contributed by atoms with Gasteiger partial charge in [-0.3, -0.25) is 0 Å². The third kappa shape index (κ3) is 5.07. The standard InChI is InChI=1S/C20H28N6OS/c1-15-23-24-19(26(15)3)13-22-20(21-10-7-11-28-4)25(2)14-17-12-16-8-5-6-9-18(16)27-17/h5-6,8-9,12H,7,10-11,13-14H2,1-4H3,(H,21,22). The van der Waals surface area contributed by atoms with Crippen molar-refractivity contribution in [3.63, 3.8) is 0 Å². The number of thioether (sulfide) groups is 1. The zero-order valence-electron chi connectivity index (χ0n) is 17.0. The molecule has 3 aromatic rings. The molecule has 0 aliphatic rings. The fraction of sp³-hybridized carbons (Fsp3) is 0.450. The topological polar surface area (TPSA) is 71.5 Å². The number of benzene rings is 1. The second kappa shape index (κ2) is 9.64. The van der Waals surface area contributed by atoms with Gasteiger partial charge in [-0.15, -0.1) is 10.2 Å². The van der Waals surface area contributed by atoms with Gasteiger partial charge >= 0.3 is 0 Å². The molecule has 7 nitrogen and oxygen atoms in total. The predicted molar refractivity (Wildman–Crippen MR) is 116 cm³/mol. The molecule has 1 aromatic carbocycles. The number of para-hydroxylation sites is 1. The van der Waals surface area contributed by atoms with E-state index in [0.29, 0.717) is 13.1 Å². The number of rotatable bonds is 8. The van der Waals surface area contributed by atoms with Gasteiger partial charge in [-0.25, -0.2) is 4.99 Å². The fourth-order valence-electron chi connectivity index (χ4n) is 2.89. The Balaban J connectivity index is 1.72. The summed E-state index contributed by atoms with van der Waals surface area (Å²) in [5.41, 5.74) is 0.909. The Bertz CT molecular complexity index is 899. The highest BCUT2D eigenvalue weighted by molar-refractivity contribution is 7.98. The number of nitrogens with one attached hydrogen (secondary N) is 1. The normalized spacial score (nSPS) is 11.9. The zero-order chi connectivity index (χ0) is 19.9. The first kappa shape index (κ1) is 20.3. The van der Waals surface area contributed by atoms with Gasteiger partial charge in [0.25, 0.3) is 0 Å². The van der Waals surface area contributed by atoms with Crippen molar-refractivity contribution in [1.82, 2.24) is 25.0 Å². The lowest BCUT2D eigenvalue weighted by Crippen LogP contribution is -2.39. The third-order valence-electron chi connectivity index (χ3n) is 4.59. The summed E-state index contributed by atoms with van der Waals surface area (Å²) in [6, 6.07) is 10.2. The van der Waals surface area contributed by atoms with Crippen molar-refractivity contribution in [2.45, 2.75) is 26.4 Å². The van der Waals surface area contributed by atoms with Crippen LogP contribution in [0.4, 0.5) is 0 Å². The average Bonchev–Trinajstić information content (AvgIpc) is 3.24. The quantitative estimate of drug-likeness (QED) is 0.356. The van der Waals surface area contributed by atoms with Crippen LogP contribution in [0.15, 0.2) is 39.7 Å². The van der Waals surface area contributed by atoms with Crippen molar-refractivity contribution < 1.29 is 4.42 Å². The minimum atomic E-state index is 0.479. The van der Waals surface area contributed by atoms with Crippen molar-refractivity contribution in [1.29, 1.82) is 0 Å². The summed E-state index contributed by atoms with van der Waals surface area (Å²) in [6.07, 6.45) is 3.21. The summed E-state index contributed by atoms with van der Waals surface area (Å²) in [7, 11) is 3.99. The molecule has 0 fully saturated rings. The summed E-state index contributed by atoms with van der Waals surface area (Å²) >= 11 is 1.85. The molecule has 3 rings (SSSR count). The monoisotopic (exact) mass is 400 g/mol. The summed E-state index contributed by atoms with van der Waals surface area (Å²) in [4.78, 5) is 6.86. The molecule has 0 saturated carbocycles. The Morgan fingerprint density at radius 2 is 2.14 bits per heavy atom. The number of aryl methyl sites for hydroxylation is 1. The lowest BCUT2D eigenvalue weighted by atomic mass is 10.2. The molecule has 0 radical (unpaired) electrons. The van der Waals surface area contributed by atoms with Crippen molar-refractivity contribution in [2.24, 2.45) is 12.0 Å². The van der Waals surface area contributed by atoms with Gasteiger partial charge in [0.1, 0.15) is 23.7 Å². The lowest BCUT2D eigenvalue weighted by molar-refractivity contribution is 0.411. The van der Waals surface area contributed by atoms with E-state index < -0.39 is 0 Å². The van der Waals surface area contributed by atoms with Gasteiger partial charge in [0, 0.05) is 26.0 Å². The first-order valence-corrected chi connectivity index (χ1v) is 10.8. The van der Waals surface area contributed by atoms with Crippen LogP contribution in [0.5, 0.6) is 0 Å². The summed E-state index contributed by atoms with van der Waals surface area (Å²) in [5, 5.41) is 12.9. The highest BCUT2D eigenvalue weighted by atomic mass is 32.2. The number of hydrogen-bond acceptors (Lipinski definition) is 5. The Morgan fingerprint density at radius 3 is 2.86 bits per heavy atom. The van der Waals surface area contributed by atoms with Crippen molar-refractivity contribution in [3.8, 4) is 0 Å². The fourth-order valence-corrected chi connectivity index (χ4v) is 3.32. The number of nitrogens with zero attached hydrogens (tertiary/aromatic N) is 5. The van der Waals surface area contributed by atoms with Crippen molar-refractivity contribution >= 4 is 28.7 Å². The highest BCUT2D eigenvalue weighted by Crippen LogP contribution is 2.19. The molecule has 8 heteroatoms. The van der Waals surface area contributed by atoms with E-state index in [4.69, 9.17) is 9.41 Å². The van der Waals surface area contributed by atoms with Crippen molar-refractivity contribution in [3.05, 3.63) is 47.7 Å². The van der Waals surface area contributed by atoms with E-state index in [1.165, 1.54) is 0 Å². The van der Waals surface area contributed by atoms with Gasteiger partial charge in [-0.05, 0) is 37.5 Å². The maximum atomic E-state index is 5.96. The van der Waals surface area contributed by atoms with Gasteiger partial charge in [-0.2, -0.15) is 11.8 Å². The van der Waals surface area contributed by atoms with Crippen LogP contribution in [0.25, 0.3) is 11.0 Å². The number of aromatic nitrogens is 3. The number of furan rings is 1. The minimum absolute atomic E-state index is 0.479. The molecule has 0 aliphatic heterocycles. The van der Waals surface area contributed by atoms with Crippen molar-refractivity contribution in [2.75, 3.05) is 25.6 Å². The Hall–Kier alpha value is -2.48. The first-order valence-electron chi connectivity index (χ1n) is 9.39. The molecule has 0 bridgehead atoms. The molecule has 2 heterocycles. The average molecular weight is 401 g/mol. The van der Waals surface area contributed by atoms with E-state index >= 15 is 0 Å². The third-order valence-corrected chi connectivity index (χ3v) is 5.29. The molecule has 1 N–H and O–H groups in total. The van der Waals surface area contributed by atoms with Crippen LogP contribution in [0.2, 0.25) is 0 Å². The maximum Gasteiger partial charge on any atom is 0.194 e. The van der Waals surface area contributed by atoms with E-state index in [1.807, 2.05) is 55.5 Å². The summed E-state index contributed by atoms with van der Waals surface area (Å²) in [5.74, 6) is 4.60. The zero-order valence-corrected chi connectivity index (χ0v) is 17.8. The maximum absolute atomic E-state index is 5.96. The van der Waals surface area contributed by atoms with Crippen LogP contribution in [0.1, 0.15) is 23.8 Å². The van der Waals surface area contributed by atoms with E-state index in [1.54, 1.807) is 0 Å². The van der Waals surface area contributed by atoms with Gasteiger partial charge in [-0.1, -0.05) is 18.2 Å². The molecule has 28 heavy (non-hydrogen) atoms. The van der Waals surface area contributed by atoms with E-state index in [2.05, 4.69) is 38.8 Å². The number of guanidine groups is 1. The van der Waals surface area contributed by atoms with Gasteiger partial charge < -0.3 is 19.2 Å². The van der Waals surface area contributed by atoms with E-state index in [0.717, 1.165) is 53.1 Å². The highest BCUT2D eigenvalue weighted by Gasteiger charge is 2.12. The molecule has 2 aromatic heterocycles. The van der Waals surface area contributed by atoms with Crippen LogP contribution in [-0.2, 0) is 20.1 Å². The second-order valence-corrected chi connectivity index (χ2v) is 7.73. The van der Waals surface area contributed by atoms with E-state index in [9.17, 15) is 0 Å². The molecule has 0 spiro atoms. The van der Waals surface area contributed by atoms with Crippen LogP contribution in [-0.4, -0.2) is 51.2 Å². The molecule has 0 saturated heterocycles. The summed E-state index contributed by atoms with van der Waals surface area (Å²) < 4.78 is 7.93. The number of aliphatic imine (C=N–C) groups is 1. The molecule has 0 atom stereocenters. The van der Waals surface area contributed by atoms with Crippen LogP contribution < -0.4 is 5.32 Å². The molecular weight excluding hydrogens is 372 g/mol. The Labute approximate surface area is 170 Å². The largest absolute Gasteiger partial charge is 0.459 e. The lowest BCUT2D eigenvalue weighted by Gasteiger charge is -2.21. The van der Waals surface area contributed by atoms with E-state index in [-0.39, 0.29) is 0 Å². The molecule has 0 unspecified atom stereocenters. The van der Waals surface area contributed by atoms with Gasteiger partial charge in [0.05, 0.1) is 6.54 Å². The molecule has 0 aliphatic carbocycles. The number of hydrogen-bond donors (Lipinski definition) is 1. The first-order chi connectivity index (χ1) is 13.6. The Morgan fingerprint density at radius 1 is 1.32 bits per heavy atom. The molecule has 150 valence electrons. The number of fused-ring (bicyclic) bond motifs is 1. The molecule has 0 amide bonds. The SMILES string of the molecule is CSCCCNC(=NCc1nnc(C)n1C)N(C)Cc1cc2ccccc2o1. The predicted octanol–water partition coefficient (Wildman–Crippen LogP) is 3.20. The smallest absolute Gasteiger partial charge is 0.194 e. The molecular formula is C20H28N6OS. The second-order valence-electron chi connectivity index (χ2n) is 6.74. The Kier molecular flexibility index (Phi) is 6.97. The van der Waals surface area contributed by atoms with Crippen LogP contribution in [0.3, 0.4) is 0 Å². The summed E-state index contributed by atoms with van der Waals surface area (Å²) in [6.45, 7) is 3.94.